The van der Waals surface area contributed by atoms with Crippen molar-refractivity contribution in [3.8, 4) is 16.3 Å². The molecule has 0 aliphatic carbocycles. The fourth-order valence-corrected chi connectivity index (χ4v) is 3.78. The standard InChI is InChI=1S/C22H18N2O2S/c1-15-7-12-19-20(13-15)27-22(24-19)16-8-10-17(11-9-16)23-21(25)14-26-18-5-3-2-4-6-18/h2-13H,14H2,1H3,(H,23,25). The Morgan fingerprint density at radius 3 is 2.59 bits per heavy atom. The number of nitrogens with one attached hydrogen (secondary N) is 1. The van der Waals surface area contributed by atoms with Gasteiger partial charge >= 0.3 is 0 Å². The molecule has 4 nitrogen and oxygen atoms in total. The number of para-hydroxylation sites is 1. The number of rotatable bonds is 5. The Kier molecular flexibility index (Phi) is 4.85. The Labute approximate surface area is 161 Å². The number of benzene rings is 3. The molecule has 0 atom stereocenters. The summed E-state index contributed by atoms with van der Waals surface area (Å²) in [6.07, 6.45) is 0. The van der Waals surface area contributed by atoms with Gasteiger partial charge in [0.05, 0.1) is 10.2 Å². The van der Waals surface area contributed by atoms with E-state index in [0.717, 1.165) is 21.8 Å². The van der Waals surface area contributed by atoms with Crippen LogP contribution < -0.4 is 10.1 Å². The van der Waals surface area contributed by atoms with Gasteiger partial charge in [-0.3, -0.25) is 4.79 Å². The quantitative estimate of drug-likeness (QED) is 0.516. The number of anilines is 1. The van der Waals surface area contributed by atoms with Crippen LogP contribution >= 0.6 is 11.3 Å². The third-order valence-corrected chi connectivity index (χ3v) is 5.14. The molecule has 0 unspecified atom stereocenters. The number of amides is 1. The summed E-state index contributed by atoms with van der Waals surface area (Å²) in [6, 6.07) is 23.3. The SMILES string of the molecule is Cc1ccc2nc(-c3ccc(NC(=O)COc4ccccc4)cc3)sc2c1. The second-order valence-electron chi connectivity index (χ2n) is 6.22. The monoisotopic (exact) mass is 374 g/mol. The van der Waals surface area contributed by atoms with Gasteiger partial charge in [-0.2, -0.15) is 0 Å². The van der Waals surface area contributed by atoms with Gasteiger partial charge in [0, 0.05) is 11.3 Å². The number of hydrogen-bond donors (Lipinski definition) is 1. The molecule has 0 spiro atoms. The molecular formula is C22H18N2O2S. The first-order chi connectivity index (χ1) is 13.2. The number of hydrogen-bond acceptors (Lipinski definition) is 4. The smallest absolute Gasteiger partial charge is 0.262 e. The summed E-state index contributed by atoms with van der Waals surface area (Å²) in [5, 5.41) is 3.82. The van der Waals surface area contributed by atoms with E-state index in [1.165, 1.54) is 10.3 Å². The van der Waals surface area contributed by atoms with Crippen molar-refractivity contribution < 1.29 is 9.53 Å². The largest absolute Gasteiger partial charge is 0.484 e. The highest BCUT2D eigenvalue weighted by molar-refractivity contribution is 7.21. The minimum absolute atomic E-state index is 0.0248. The van der Waals surface area contributed by atoms with E-state index < -0.39 is 0 Å². The zero-order valence-corrected chi connectivity index (χ0v) is 15.6. The summed E-state index contributed by atoms with van der Waals surface area (Å²) < 4.78 is 6.64. The lowest BCUT2D eigenvalue weighted by atomic mass is 10.2. The highest BCUT2D eigenvalue weighted by atomic mass is 32.1. The van der Waals surface area contributed by atoms with Crippen LogP contribution in [0.25, 0.3) is 20.8 Å². The van der Waals surface area contributed by atoms with Crippen LogP contribution in [-0.4, -0.2) is 17.5 Å². The van der Waals surface area contributed by atoms with Gasteiger partial charge in [-0.25, -0.2) is 4.98 Å². The minimum atomic E-state index is -0.193. The molecule has 0 bridgehead atoms. The molecule has 0 saturated carbocycles. The molecule has 1 amide bonds. The summed E-state index contributed by atoms with van der Waals surface area (Å²) in [7, 11) is 0. The maximum Gasteiger partial charge on any atom is 0.262 e. The number of ether oxygens (including phenoxy) is 1. The maximum absolute atomic E-state index is 12.0. The number of aromatic nitrogens is 1. The van der Waals surface area contributed by atoms with Gasteiger partial charge in [0.2, 0.25) is 0 Å². The van der Waals surface area contributed by atoms with Crippen molar-refractivity contribution in [2.75, 3.05) is 11.9 Å². The van der Waals surface area contributed by atoms with E-state index >= 15 is 0 Å². The molecule has 134 valence electrons. The van der Waals surface area contributed by atoms with Gasteiger partial charge in [0.25, 0.3) is 5.91 Å². The number of nitrogens with zero attached hydrogens (tertiary/aromatic N) is 1. The molecular weight excluding hydrogens is 356 g/mol. The molecule has 0 aliphatic heterocycles. The van der Waals surface area contributed by atoms with Crippen molar-refractivity contribution in [2.24, 2.45) is 0 Å². The first-order valence-corrected chi connectivity index (χ1v) is 9.44. The number of fused-ring (bicyclic) bond motifs is 1. The zero-order chi connectivity index (χ0) is 18.6. The fourth-order valence-electron chi connectivity index (χ4n) is 2.71. The van der Waals surface area contributed by atoms with E-state index in [2.05, 4.69) is 29.4 Å². The average molecular weight is 374 g/mol. The summed E-state index contributed by atoms with van der Waals surface area (Å²) in [4.78, 5) is 16.7. The molecule has 0 aliphatic rings. The predicted octanol–water partition coefficient (Wildman–Crippen LogP) is 5.29. The Morgan fingerprint density at radius 1 is 1.04 bits per heavy atom. The second kappa shape index (κ2) is 7.60. The van der Waals surface area contributed by atoms with Crippen LogP contribution in [0.5, 0.6) is 5.75 Å². The highest BCUT2D eigenvalue weighted by Crippen LogP contribution is 2.31. The molecule has 27 heavy (non-hydrogen) atoms. The van der Waals surface area contributed by atoms with E-state index in [0.29, 0.717) is 5.75 Å². The number of carbonyl (C=O) groups is 1. The van der Waals surface area contributed by atoms with Crippen LogP contribution in [0.4, 0.5) is 5.69 Å². The molecule has 0 radical (unpaired) electrons. The number of thiazole rings is 1. The van der Waals surface area contributed by atoms with Gasteiger partial charge in [-0.15, -0.1) is 11.3 Å². The van der Waals surface area contributed by atoms with E-state index in [9.17, 15) is 4.79 Å². The third kappa shape index (κ3) is 4.15. The van der Waals surface area contributed by atoms with E-state index in [4.69, 9.17) is 4.74 Å². The maximum atomic E-state index is 12.0. The average Bonchev–Trinajstić information content (AvgIpc) is 3.11. The number of aryl methyl sites for hydroxylation is 1. The van der Waals surface area contributed by atoms with Gasteiger partial charge < -0.3 is 10.1 Å². The summed E-state index contributed by atoms with van der Waals surface area (Å²) >= 11 is 1.67. The predicted molar refractivity (Wildman–Crippen MR) is 110 cm³/mol. The van der Waals surface area contributed by atoms with Crippen LogP contribution in [0.3, 0.4) is 0 Å². The minimum Gasteiger partial charge on any atom is -0.484 e. The van der Waals surface area contributed by atoms with Gasteiger partial charge in [-0.05, 0) is 61.0 Å². The number of carbonyl (C=O) groups excluding carboxylic acids is 1. The Morgan fingerprint density at radius 2 is 1.81 bits per heavy atom. The summed E-state index contributed by atoms with van der Waals surface area (Å²) in [5.74, 6) is 0.483. The van der Waals surface area contributed by atoms with E-state index in [1.54, 1.807) is 11.3 Å². The van der Waals surface area contributed by atoms with Crippen LogP contribution in [0.1, 0.15) is 5.56 Å². The molecule has 0 saturated heterocycles. The first kappa shape index (κ1) is 17.2. The van der Waals surface area contributed by atoms with Crippen LogP contribution in [-0.2, 0) is 4.79 Å². The molecule has 4 aromatic rings. The lowest BCUT2D eigenvalue weighted by molar-refractivity contribution is -0.118. The zero-order valence-electron chi connectivity index (χ0n) is 14.8. The topological polar surface area (TPSA) is 51.2 Å². The lowest BCUT2D eigenvalue weighted by Crippen LogP contribution is -2.20. The molecule has 3 aromatic carbocycles. The van der Waals surface area contributed by atoms with E-state index in [1.807, 2.05) is 60.7 Å². The second-order valence-corrected chi connectivity index (χ2v) is 7.25. The molecule has 1 heterocycles. The van der Waals surface area contributed by atoms with Crippen molar-refractivity contribution in [2.45, 2.75) is 6.92 Å². The van der Waals surface area contributed by atoms with Crippen LogP contribution in [0, 0.1) is 6.92 Å². The normalized spacial score (nSPS) is 10.7. The van der Waals surface area contributed by atoms with Gasteiger partial charge in [0.1, 0.15) is 10.8 Å². The molecule has 5 heteroatoms. The van der Waals surface area contributed by atoms with Crippen molar-refractivity contribution in [1.29, 1.82) is 0 Å². The van der Waals surface area contributed by atoms with Gasteiger partial charge in [-0.1, -0.05) is 24.3 Å². The molecule has 1 aromatic heterocycles. The first-order valence-electron chi connectivity index (χ1n) is 8.63. The van der Waals surface area contributed by atoms with Crippen molar-refractivity contribution >= 4 is 33.1 Å². The van der Waals surface area contributed by atoms with E-state index in [-0.39, 0.29) is 12.5 Å². The summed E-state index contributed by atoms with van der Waals surface area (Å²) in [6.45, 7) is 2.06. The molecule has 1 N–H and O–H groups in total. The molecule has 4 rings (SSSR count). The Hall–Kier alpha value is -3.18. The Bertz CT molecular complexity index is 1070. The van der Waals surface area contributed by atoms with Crippen molar-refractivity contribution in [3.05, 3.63) is 78.4 Å². The van der Waals surface area contributed by atoms with Crippen molar-refractivity contribution in [3.63, 3.8) is 0 Å². The highest BCUT2D eigenvalue weighted by Gasteiger charge is 2.08. The fraction of sp³-hybridized carbons (Fsp3) is 0.0909. The van der Waals surface area contributed by atoms with Crippen LogP contribution in [0.2, 0.25) is 0 Å². The van der Waals surface area contributed by atoms with Crippen LogP contribution in [0.15, 0.2) is 72.8 Å². The lowest BCUT2D eigenvalue weighted by Gasteiger charge is -2.07. The summed E-state index contributed by atoms with van der Waals surface area (Å²) in [5.41, 5.74) is 4.01. The Balaban J connectivity index is 1.41. The van der Waals surface area contributed by atoms with Crippen molar-refractivity contribution in [1.82, 2.24) is 4.98 Å². The molecule has 0 fully saturated rings. The third-order valence-electron chi connectivity index (χ3n) is 4.07. The van der Waals surface area contributed by atoms with Gasteiger partial charge in [0.15, 0.2) is 6.61 Å².